The van der Waals surface area contributed by atoms with Crippen LogP contribution in [-0.2, 0) is 9.59 Å². The molecule has 0 aromatic heterocycles. The summed E-state index contributed by atoms with van der Waals surface area (Å²) in [5.41, 5.74) is 5.38. The zero-order valence-corrected chi connectivity index (χ0v) is 11.3. The molecule has 2 amide bonds. The van der Waals surface area contributed by atoms with Gasteiger partial charge in [-0.2, -0.15) is 0 Å². The van der Waals surface area contributed by atoms with Crippen molar-refractivity contribution < 1.29 is 9.59 Å². The second kappa shape index (κ2) is 6.70. The molecule has 1 heterocycles. The van der Waals surface area contributed by atoms with Gasteiger partial charge in [0.15, 0.2) is 0 Å². The number of carbonyl (C=O) groups is 2. The molecule has 0 radical (unpaired) electrons. The number of piperidine rings is 1. The second-order valence-corrected chi connectivity index (χ2v) is 5.34. The number of allylic oxidation sites excluding steroid dienone is 2. The van der Waals surface area contributed by atoms with Gasteiger partial charge in [-0.15, -0.1) is 0 Å². The maximum atomic E-state index is 12.3. The molecule has 1 saturated heterocycles. The highest BCUT2D eigenvalue weighted by Crippen LogP contribution is 2.24. The Labute approximate surface area is 114 Å². The Kier molecular flexibility index (Phi) is 4.96. The van der Waals surface area contributed by atoms with Crippen LogP contribution in [0.3, 0.4) is 0 Å². The predicted octanol–water partition coefficient (Wildman–Crippen LogP) is 0.266. The minimum atomic E-state index is -0.0707. The summed E-state index contributed by atoms with van der Waals surface area (Å²) in [6.45, 7) is 2.31. The zero-order chi connectivity index (χ0) is 13.7. The summed E-state index contributed by atoms with van der Waals surface area (Å²) < 4.78 is 0. The Morgan fingerprint density at radius 3 is 2.68 bits per heavy atom. The third kappa shape index (κ3) is 3.56. The van der Waals surface area contributed by atoms with E-state index in [0.717, 1.165) is 32.2 Å². The summed E-state index contributed by atoms with van der Waals surface area (Å²) in [5, 5.41) is 2.82. The van der Waals surface area contributed by atoms with E-state index < -0.39 is 0 Å². The van der Waals surface area contributed by atoms with Gasteiger partial charge < -0.3 is 16.0 Å². The molecule has 0 aromatic rings. The van der Waals surface area contributed by atoms with Crippen LogP contribution in [0.25, 0.3) is 0 Å². The number of rotatable bonds is 4. The van der Waals surface area contributed by atoms with Gasteiger partial charge in [0.05, 0.1) is 5.92 Å². The molecule has 0 saturated carbocycles. The molecule has 0 bridgehead atoms. The van der Waals surface area contributed by atoms with Crippen molar-refractivity contribution in [2.24, 2.45) is 17.6 Å². The highest BCUT2D eigenvalue weighted by molar-refractivity contribution is 5.82. The first-order chi connectivity index (χ1) is 9.22. The molecule has 1 fully saturated rings. The van der Waals surface area contributed by atoms with Gasteiger partial charge in [-0.3, -0.25) is 9.59 Å². The van der Waals surface area contributed by atoms with E-state index in [9.17, 15) is 9.59 Å². The van der Waals surface area contributed by atoms with Gasteiger partial charge in [0.25, 0.3) is 0 Å². The molecule has 1 aliphatic carbocycles. The summed E-state index contributed by atoms with van der Waals surface area (Å²) in [5.74, 6) is 0.276. The first-order valence-corrected chi connectivity index (χ1v) is 7.14. The van der Waals surface area contributed by atoms with Crippen LogP contribution in [0.1, 0.15) is 25.7 Å². The normalized spacial score (nSPS) is 23.6. The lowest BCUT2D eigenvalue weighted by Gasteiger charge is -2.33. The van der Waals surface area contributed by atoms with Gasteiger partial charge in [-0.05, 0) is 25.7 Å². The molecule has 1 aliphatic heterocycles. The molecular formula is C14H23N3O2. The van der Waals surface area contributed by atoms with Crippen LogP contribution >= 0.6 is 0 Å². The molecule has 19 heavy (non-hydrogen) atoms. The van der Waals surface area contributed by atoms with Crippen LogP contribution in [0.5, 0.6) is 0 Å². The summed E-state index contributed by atoms with van der Waals surface area (Å²) in [7, 11) is 0. The molecule has 0 aromatic carbocycles. The first-order valence-electron chi connectivity index (χ1n) is 7.14. The number of carbonyl (C=O) groups excluding carboxylic acids is 2. The van der Waals surface area contributed by atoms with Crippen LogP contribution in [-0.4, -0.2) is 42.9 Å². The fourth-order valence-electron chi connectivity index (χ4n) is 2.81. The molecule has 5 nitrogen and oxygen atoms in total. The number of nitrogens with two attached hydrogens (primary N) is 1. The number of hydrogen-bond acceptors (Lipinski definition) is 3. The monoisotopic (exact) mass is 265 g/mol. The fraction of sp³-hybridized carbons (Fsp3) is 0.714. The Morgan fingerprint density at radius 1 is 1.26 bits per heavy atom. The summed E-state index contributed by atoms with van der Waals surface area (Å²) >= 11 is 0. The van der Waals surface area contributed by atoms with Crippen molar-refractivity contribution in [2.75, 3.05) is 26.2 Å². The topological polar surface area (TPSA) is 75.4 Å². The molecule has 0 spiro atoms. The molecule has 5 heteroatoms. The average molecular weight is 265 g/mol. The number of hydrogen-bond donors (Lipinski definition) is 2. The van der Waals surface area contributed by atoms with Crippen LogP contribution in [0, 0.1) is 11.8 Å². The highest BCUT2D eigenvalue weighted by Gasteiger charge is 2.31. The number of likely N-dealkylation sites (tertiary alicyclic amines) is 1. The van der Waals surface area contributed by atoms with Crippen molar-refractivity contribution in [3.63, 3.8) is 0 Å². The molecule has 1 atom stereocenters. The van der Waals surface area contributed by atoms with E-state index in [-0.39, 0.29) is 23.7 Å². The van der Waals surface area contributed by atoms with Crippen molar-refractivity contribution in [1.82, 2.24) is 10.2 Å². The van der Waals surface area contributed by atoms with E-state index >= 15 is 0 Å². The molecular weight excluding hydrogens is 242 g/mol. The van der Waals surface area contributed by atoms with Crippen LogP contribution < -0.4 is 11.1 Å². The average Bonchev–Trinajstić information content (AvgIpc) is 2.98. The van der Waals surface area contributed by atoms with Crippen molar-refractivity contribution in [3.8, 4) is 0 Å². The van der Waals surface area contributed by atoms with Crippen LogP contribution in [0.15, 0.2) is 12.2 Å². The Balaban J connectivity index is 1.85. The third-order valence-electron chi connectivity index (χ3n) is 3.90. The van der Waals surface area contributed by atoms with Gasteiger partial charge in [-0.1, -0.05) is 12.2 Å². The highest BCUT2D eigenvalue weighted by atomic mass is 16.2. The van der Waals surface area contributed by atoms with E-state index in [1.807, 2.05) is 4.90 Å². The van der Waals surface area contributed by atoms with E-state index in [1.54, 1.807) is 0 Å². The Bertz CT molecular complexity index is 360. The van der Waals surface area contributed by atoms with Gasteiger partial charge in [0.1, 0.15) is 0 Å². The van der Waals surface area contributed by atoms with Gasteiger partial charge >= 0.3 is 0 Å². The minimum Gasteiger partial charge on any atom is -0.355 e. The van der Waals surface area contributed by atoms with Crippen LogP contribution in [0.2, 0.25) is 0 Å². The molecule has 106 valence electrons. The Morgan fingerprint density at radius 2 is 2.00 bits per heavy atom. The summed E-state index contributed by atoms with van der Waals surface area (Å²) in [4.78, 5) is 26.1. The van der Waals surface area contributed by atoms with E-state index in [2.05, 4.69) is 17.5 Å². The Hall–Kier alpha value is -1.36. The molecule has 1 unspecified atom stereocenters. The number of nitrogens with zero attached hydrogens (tertiary/aromatic N) is 1. The number of nitrogens with one attached hydrogen (secondary N) is 1. The standard InChI is InChI=1S/C14H23N3O2/c15-7-8-16-13(18)12-6-3-9-17(10-12)14(19)11-4-1-2-5-11/h1-2,11-12H,3-10,15H2,(H,16,18). The molecule has 2 aliphatic rings. The number of amides is 2. The van der Waals surface area contributed by atoms with Crippen molar-refractivity contribution in [2.45, 2.75) is 25.7 Å². The smallest absolute Gasteiger partial charge is 0.226 e. The summed E-state index contributed by atoms with van der Waals surface area (Å²) in [6.07, 6.45) is 7.60. The lowest BCUT2D eigenvalue weighted by Crippen LogP contribution is -2.47. The zero-order valence-electron chi connectivity index (χ0n) is 11.3. The van der Waals surface area contributed by atoms with Gasteiger partial charge in [0, 0.05) is 32.1 Å². The second-order valence-electron chi connectivity index (χ2n) is 5.34. The van der Waals surface area contributed by atoms with E-state index in [0.29, 0.717) is 19.6 Å². The first kappa shape index (κ1) is 14.1. The van der Waals surface area contributed by atoms with Gasteiger partial charge in [-0.25, -0.2) is 0 Å². The van der Waals surface area contributed by atoms with Crippen molar-refractivity contribution >= 4 is 11.8 Å². The minimum absolute atomic E-state index is 0.0347. The fourth-order valence-corrected chi connectivity index (χ4v) is 2.81. The lowest BCUT2D eigenvalue weighted by molar-refractivity contribution is -0.139. The maximum Gasteiger partial charge on any atom is 0.226 e. The van der Waals surface area contributed by atoms with Crippen LogP contribution in [0.4, 0.5) is 0 Å². The van der Waals surface area contributed by atoms with Crippen molar-refractivity contribution in [1.29, 1.82) is 0 Å². The summed E-state index contributed by atoms with van der Waals surface area (Å²) in [6, 6.07) is 0. The van der Waals surface area contributed by atoms with Gasteiger partial charge in [0.2, 0.25) is 11.8 Å². The van der Waals surface area contributed by atoms with E-state index in [4.69, 9.17) is 5.73 Å². The maximum absolute atomic E-state index is 12.3. The quantitative estimate of drug-likeness (QED) is 0.716. The predicted molar refractivity (Wildman–Crippen MR) is 73.2 cm³/mol. The SMILES string of the molecule is NCCNC(=O)C1CCCN(C(=O)C2CC=CC2)C1. The third-order valence-corrected chi connectivity index (χ3v) is 3.90. The van der Waals surface area contributed by atoms with Crippen molar-refractivity contribution in [3.05, 3.63) is 12.2 Å². The molecule has 3 N–H and O–H groups in total. The van der Waals surface area contributed by atoms with E-state index in [1.165, 1.54) is 0 Å². The molecule has 2 rings (SSSR count). The largest absolute Gasteiger partial charge is 0.355 e. The lowest BCUT2D eigenvalue weighted by atomic mass is 9.95.